The molecule has 376 valence electrons. The summed E-state index contributed by atoms with van der Waals surface area (Å²) >= 11 is 0. The Hall–Kier alpha value is -2.32. The molecule has 0 aliphatic carbocycles. The Balaban J connectivity index is 4.38. The van der Waals surface area contributed by atoms with Gasteiger partial charge in [0, 0.05) is 6.42 Å². The Morgan fingerprint density at radius 2 is 0.923 bits per heavy atom. The first-order valence-corrected chi connectivity index (χ1v) is 28.0. The second-order valence-corrected chi connectivity index (χ2v) is 20.3. The number of carbonyl (C=O) groups is 1. The van der Waals surface area contributed by atoms with E-state index in [1.54, 1.807) is 6.08 Å². The SMILES string of the molecule is CC/C=C\C/C=C\C/C=C\C/C=C\C/C=C\C/C=C\CCCCCCC(=O)NC(COP(=O)(O)OCC[N+](C)(C)C)C(O)/C=C/CCCCCCCCCCCCCCCCCCCC. The van der Waals surface area contributed by atoms with E-state index in [1.807, 2.05) is 27.2 Å². The molecular weight excluding hydrogens is 828 g/mol. The molecule has 0 aromatic heterocycles. The van der Waals surface area contributed by atoms with Gasteiger partial charge in [0.2, 0.25) is 5.91 Å². The van der Waals surface area contributed by atoms with E-state index < -0.39 is 20.0 Å². The predicted molar refractivity (Wildman–Crippen MR) is 281 cm³/mol. The molecule has 0 aromatic carbocycles. The third-order valence-electron chi connectivity index (χ3n) is 11.4. The maximum absolute atomic E-state index is 12.9. The van der Waals surface area contributed by atoms with Crippen LogP contribution in [0.25, 0.3) is 0 Å². The monoisotopic (exact) mass is 930 g/mol. The quantitative estimate of drug-likeness (QED) is 0.0243. The van der Waals surface area contributed by atoms with Crippen molar-refractivity contribution < 1.29 is 32.9 Å². The first kappa shape index (κ1) is 62.7. The van der Waals surface area contributed by atoms with Crippen molar-refractivity contribution in [3.63, 3.8) is 0 Å². The summed E-state index contributed by atoms with van der Waals surface area (Å²) in [6.45, 7) is 4.68. The summed E-state index contributed by atoms with van der Waals surface area (Å²) in [6.07, 6.45) is 65.2. The van der Waals surface area contributed by atoms with Crippen LogP contribution in [0.15, 0.2) is 85.1 Å². The molecule has 0 fully saturated rings. The Morgan fingerprint density at radius 3 is 1.35 bits per heavy atom. The summed E-state index contributed by atoms with van der Waals surface area (Å²) in [5.41, 5.74) is 0. The third-order valence-corrected chi connectivity index (χ3v) is 12.4. The fourth-order valence-corrected chi connectivity index (χ4v) is 7.96. The number of phosphoric ester groups is 1. The number of aliphatic hydroxyl groups excluding tert-OH is 1. The maximum atomic E-state index is 12.9. The molecule has 0 aromatic rings. The molecule has 9 heteroatoms. The zero-order chi connectivity index (χ0) is 47.8. The van der Waals surface area contributed by atoms with E-state index in [0.717, 1.165) is 89.9 Å². The Kier molecular flexibility index (Phi) is 45.1. The van der Waals surface area contributed by atoms with Crippen molar-refractivity contribution in [2.45, 2.75) is 225 Å². The van der Waals surface area contributed by atoms with Crippen LogP contribution in [0.2, 0.25) is 0 Å². The number of likely N-dealkylation sites (N-methyl/N-ethyl adjacent to an activating group) is 1. The van der Waals surface area contributed by atoms with Gasteiger partial charge in [0.1, 0.15) is 13.2 Å². The normalized spacial score (nSPS) is 14.8. The zero-order valence-corrected chi connectivity index (χ0v) is 43.6. The number of amides is 1. The van der Waals surface area contributed by atoms with Crippen LogP contribution in [0.5, 0.6) is 0 Å². The van der Waals surface area contributed by atoms with Gasteiger partial charge in [0.15, 0.2) is 0 Å². The van der Waals surface area contributed by atoms with Gasteiger partial charge in [-0.1, -0.05) is 221 Å². The number of allylic oxidation sites excluding steroid dienone is 13. The highest BCUT2D eigenvalue weighted by atomic mass is 31.2. The summed E-state index contributed by atoms with van der Waals surface area (Å²) in [5, 5.41) is 13.9. The van der Waals surface area contributed by atoms with Crippen molar-refractivity contribution in [2.75, 3.05) is 40.9 Å². The molecule has 0 aliphatic rings. The molecule has 0 saturated heterocycles. The van der Waals surface area contributed by atoms with Gasteiger partial charge < -0.3 is 19.8 Å². The largest absolute Gasteiger partial charge is 0.472 e. The highest BCUT2D eigenvalue weighted by Crippen LogP contribution is 2.43. The number of aliphatic hydroxyl groups is 1. The minimum atomic E-state index is -4.36. The van der Waals surface area contributed by atoms with Crippen LogP contribution in [-0.2, 0) is 18.4 Å². The van der Waals surface area contributed by atoms with Crippen LogP contribution in [-0.4, -0.2) is 73.4 Å². The number of carbonyl (C=O) groups excluding carboxylic acids is 1. The summed E-state index contributed by atoms with van der Waals surface area (Å²) in [6, 6.07) is -0.866. The smallest absolute Gasteiger partial charge is 0.387 e. The van der Waals surface area contributed by atoms with E-state index in [0.29, 0.717) is 17.4 Å². The molecule has 3 unspecified atom stereocenters. The second-order valence-electron chi connectivity index (χ2n) is 18.9. The zero-order valence-electron chi connectivity index (χ0n) is 42.7. The van der Waals surface area contributed by atoms with Gasteiger partial charge in [-0.25, -0.2) is 4.57 Å². The van der Waals surface area contributed by atoms with Gasteiger partial charge >= 0.3 is 7.82 Å². The molecule has 3 N–H and O–H groups in total. The van der Waals surface area contributed by atoms with Crippen molar-refractivity contribution in [1.82, 2.24) is 5.32 Å². The highest BCUT2D eigenvalue weighted by molar-refractivity contribution is 7.47. The van der Waals surface area contributed by atoms with Crippen molar-refractivity contribution in [1.29, 1.82) is 0 Å². The van der Waals surface area contributed by atoms with Gasteiger partial charge in [-0.2, -0.15) is 0 Å². The van der Waals surface area contributed by atoms with Crippen LogP contribution >= 0.6 is 7.82 Å². The molecule has 1 amide bonds. The number of hydrogen-bond donors (Lipinski definition) is 3. The van der Waals surface area contributed by atoms with Crippen LogP contribution in [0.3, 0.4) is 0 Å². The van der Waals surface area contributed by atoms with E-state index in [2.05, 4.69) is 92.1 Å². The lowest BCUT2D eigenvalue weighted by atomic mass is 10.0. The summed E-state index contributed by atoms with van der Waals surface area (Å²) in [5.74, 6) is -0.203. The summed E-state index contributed by atoms with van der Waals surface area (Å²) in [7, 11) is 1.54. The third kappa shape index (κ3) is 49.4. The average molecular weight is 930 g/mol. The topological polar surface area (TPSA) is 105 Å². The van der Waals surface area contributed by atoms with Gasteiger partial charge in [-0.3, -0.25) is 13.8 Å². The Labute approximate surface area is 401 Å². The van der Waals surface area contributed by atoms with Crippen molar-refractivity contribution in [3.8, 4) is 0 Å². The molecular formula is C56H102N2O6P+. The van der Waals surface area contributed by atoms with E-state index in [4.69, 9.17) is 9.05 Å². The van der Waals surface area contributed by atoms with Gasteiger partial charge in [-0.05, 0) is 70.6 Å². The summed E-state index contributed by atoms with van der Waals surface area (Å²) in [4.78, 5) is 23.2. The minimum absolute atomic E-state index is 0.0518. The van der Waals surface area contributed by atoms with Crippen molar-refractivity contribution in [2.24, 2.45) is 0 Å². The van der Waals surface area contributed by atoms with E-state index >= 15 is 0 Å². The van der Waals surface area contributed by atoms with E-state index in [-0.39, 0.29) is 19.1 Å². The van der Waals surface area contributed by atoms with Crippen LogP contribution in [0.4, 0.5) is 0 Å². The lowest BCUT2D eigenvalue weighted by molar-refractivity contribution is -0.870. The molecule has 0 rings (SSSR count). The first-order valence-electron chi connectivity index (χ1n) is 26.5. The van der Waals surface area contributed by atoms with Crippen molar-refractivity contribution in [3.05, 3.63) is 85.1 Å². The first-order chi connectivity index (χ1) is 31.5. The number of quaternary nitrogens is 1. The van der Waals surface area contributed by atoms with Crippen molar-refractivity contribution >= 4 is 13.7 Å². The fourth-order valence-electron chi connectivity index (χ4n) is 7.22. The second kappa shape index (κ2) is 46.8. The number of hydrogen-bond acceptors (Lipinski definition) is 5. The molecule has 0 bridgehead atoms. The lowest BCUT2D eigenvalue weighted by Gasteiger charge is -2.25. The Bertz CT molecular complexity index is 1330. The number of phosphoric acid groups is 1. The number of nitrogens with one attached hydrogen (secondary N) is 1. The number of nitrogens with zero attached hydrogens (tertiary/aromatic N) is 1. The standard InChI is InChI=1S/C56H101N2O6P/c1-6-8-10-12-14-16-18-20-22-24-26-28-29-30-32-34-36-38-40-42-44-46-48-50-56(60)57-54(53-64-65(61,62)63-52-51-58(3,4)5)55(59)49-47-45-43-41-39-37-35-33-31-27-25-23-21-19-17-15-13-11-9-7-2/h8,10,14,16,20,22,26,28,30,32,36,38,47,49,54-55,59H,6-7,9,11-13,15,17-19,21,23-25,27,29,31,33-35,37,39-46,48,50-53H2,1-5H3,(H-,57,60,61,62)/p+1/b10-8-,16-14-,22-20-,28-26-,32-30-,38-36-,49-47+. The lowest BCUT2D eigenvalue weighted by Crippen LogP contribution is -2.45. The molecule has 65 heavy (non-hydrogen) atoms. The molecule has 8 nitrogen and oxygen atoms in total. The van der Waals surface area contributed by atoms with E-state index in [9.17, 15) is 19.4 Å². The summed E-state index contributed by atoms with van der Waals surface area (Å²) < 4.78 is 23.7. The number of rotatable bonds is 47. The highest BCUT2D eigenvalue weighted by Gasteiger charge is 2.27. The van der Waals surface area contributed by atoms with Crippen LogP contribution in [0, 0.1) is 0 Å². The van der Waals surface area contributed by atoms with Gasteiger partial charge in [0.05, 0.1) is 39.9 Å². The number of unbranched alkanes of at least 4 members (excludes halogenated alkanes) is 22. The average Bonchev–Trinajstić information content (AvgIpc) is 3.26. The molecule has 0 saturated carbocycles. The molecule has 0 radical (unpaired) electrons. The van der Waals surface area contributed by atoms with Gasteiger partial charge in [-0.15, -0.1) is 0 Å². The predicted octanol–water partition coefficient (Wildman–Crippen LogP) is 15.7. The van der Waals surface area contributed by atoms with Crippen LogP contribution in [0.1, 0.15) is 213 Å². The van der Waals surface area contributed by atoms with Gasteiger partial charge in [0.25, 0.3) is 0 Å². The fraction of sp³-hybridized carbons (Fsp3) is 0.732. The molecule has 0 spiro atoms. The Morgan fingerprint density at radius 1 is 0.538 bits per heavy atom. The van der Waals surface area contributed by atoms with E-state index in [1.165, 1.54) is 103 Å². The molecule has 3 atom stereocenters. The maximum Gasteiger partial charge on any atom is 0.472 e. The minimum Gasteiger partial charge on any atom is -0.387 e. The molecule has 0 aliphatic heterocycles. The van der Waals surface area contributed by atoms with Crippen LogP contribution < -0.4 is 5.32 Å². The molecule has 0 heterocycles.